The van der Waals surface area contributed by atoms with Crippen molar-refractivity contribution in [3.05, 3.63) is 54.1 Å². The topological polar surface area (TPSA) is 75.7 Å². The Morgan fingerprint density at radius 3 is 2.37 bits per heavy atom. The normalized spacial score (nSPS) is 14.4. The molecule has 3 rings (SSSR count). The molecule has 144 valence electrons. The molecule has 0 atom stereocenters. The summed E-state index contributed by atoms with van der Waals surface area (Å²) >= 11 is 0. The first kappa shape index (κ1) is 19.2. The standard InChI is InChI=1S/C20H24N2O4S/c1-15(2)26-18-8-10-19(11-9-18)27(24,25)21-17-7-5-6-16(14-17)20(23)22-12-3-4-13-22/h5-11,14-15,21H,3-4,12-13H2,1-2H3. The molecule has 1 N–H and O–H groups in total. The zero-order valence-electron chi connectivity index (χ0n) is 15.5. The number of ether oxygens (including phenoxy) is 1. The summed E-state index contributed by atoms with van der Waals surface area (Å²) in [5.74, 6) is 0.547. The quantitative estimate of drug-likeness (QED) is 0.822. The number of carbonyl (C=O) groups is 1. The maximum absolute atomic E-state index is 12.6. The maximum Gasteiger partial charge on any atom is 0.261 e. The van der Waals surface area contributed by atoms with Gasteiger partial charge in [-0.25, -0.2) is 8.42 Å². The van der Waals surface area contributed by atoms with Gasteiger partial charge in [-0.2, -0.15) is 0 Å². The molecule has 0 radical (unpaired) electrons. The molecule has 27 heavy (non-hydrogen) atoms. The zero-order chi connectivity index (χ0) is 19.4. The second-order valence-corrected chi connectivity index (χ2v) is 8.51. The number of hydrogen-bond donors (Lipinski definition) is 1. The van der Waals surface area contributed by atoms with E-state index in [1.807, 2.05) is 13.8 Å². The fraction of sp³-hybridized carbons (Fsp3) is 0.350. The molecule has 0 spiro atoms. The molecular formula is C20H24N2O4S. The summed E-state index contributed by atoms with van der Waals surface area (Å²) in [4.78, 5) is 14.4. The largest absolute Gasteiger partial charge is 0.491 e. The van der Waals surface area contributed by atoms with Gasteiger partial charge in [0.15, 0.2) is 0 Å². The van der Waals surface area contributed by atoms with E-state index in [1.54, 1.807) is 41.3 Å². The average Bonchev–Trinajstić information content (AvgIpc) is 3.15. The van der Waals surface area contributed by atoms with Crippen LogP contribution in [0.4, 0.5) is 5.69 Å². The highest BCUT2D eigenvalue weighted by Crippen LogP contribution is 2.21. The van der Waals surface area contributed by atoms with Crippen LogP contribution in [0, 0.1) is 0 Å². The number of nitrogens with one attached hydrogen (secondary N) is 1. The molecule has 1 saturated heterocycles. The van der Waals surface area contributed by atoms with Crippen molar-refractivity contribution in [3.63, 3.8) is 0 Å². The molecule has 2 aromatic rings. The Morgan fingerprint density at radius 2 is 1.74 bits per heavy atom. The van der Waals surface area contributed by atoms with Crippen LogP contribution in [0.25, 0.3) is 0 Å². The maximum atomic E-state index is 12.6. The van der Waals surface area contributed by atoms with Crippen molar-refractivity contribution in [2.45, 2.75) is 37.7 Å². The van der Waals surface area contributed by atoms with E-state index in [0.717, 1.165) is 25.9 Å². The predicted molar refractivity (Wildman–Crippen MR) is 105 cm³/mol. The van der Waals surface area contributed by atoms with Crippen molar-refractivity contribution in [2.75, 3.05) is 17.8 Å². The minimum absolute atomic E-state index is 0.0152. The molecule has 0 aliphatic carbocycles. The molecular weight excluding hydrogens is 364 g/mol. The average molecular weight is 388 g/mol. The van der Waals surface area contributed by atoms with Gasteiger partial charge in [0.25, 0.3) is 15.9 Å². The van der Waals surface area contributed by atoms with E-state index in [9.17, 15) is 13.2 Å². The number of sulfonamides is 1. The highest BCUT2D eigenvalue weighted by Gasteiger charge is 2.20. The van der Waals surface area contributed by atoms with Crippen LogP contribution in [0.5, 0.6) is 5.75 Å². The predicted octanol–water partition coefficient (Wildman–Crippen LogP) is 3.51. The van der Waals surface area contributed by atoms with Gasteiger partial charge in [0.05, 0.1) is 11.0 Å². The van der Waals surface area contributed by atoms with Gasteiger partial charge in [-0.1, -0.05) is 6.07 Å². The Kier molecular flexibility index (Phi) is 5.70. The van der Waals surface area contributed by atoms with Crippen LogP contribution in [0.1, 0.15) is 37.0 Å². The highest BCUT2D eigenvalue weighted by molar-refractivity contribution is 7.92. The summed E-state index contributed by atoms with van der Waals surface area (Å²) in [7, 11) is -3.75. The second kappa shape index (κ2) is 8.00. The molecule has 1 fully saturated rings. The smallest absolute Gasteiger partial charge is 0.261 e. The Morgan fingerprint density at radius 1 is 1.07 bits per heavy atom. The number of carbonyl (C=O) groups excluding carboxylic acids is 1. The number of rotatable bonds is 6. The van der Waals surface area contributed by atoms with E-state index in [0.29, 0.717) is 17.0 Å². The van der Waals surface area contributed by atoms with Gasteiger partial charge in [0.1, 0.15) is 5.75 Å². The molecule has 2 aromatic carbocycles. The molecule has 0 unspecified atom stereocenters. The van der Waals surface area contributed by atoms with Crippen molar-refractivity contribution in [1.82, 2.24) is 4.90 Å². The first-order valence-corrected chi connectivity index (χ1v) is 10.5. The van der Waals surface area contributed by atoms with Crippen LogP contribution < -0.4 is 9.46 Å². The Balaban J connectivity index is 1.75. The fourth-order valence-electron chi connectivity index (χ4n) is 3.00. The zero-order valence-corrected chi connectivity index (χ0v) is 16.3. The molecule has 1 aliphatic heterocycles. The Bertz CT molecular complexity index is 902. The first-order valence-electron chi connectivity index (χ1n) is 9.04. The van der Waals surface area contributed by atoms with Crippen molar-refractivity contribution in [2.24, 2.45) is 0 Å². The molecule has 7 heteroatoms. The third-order valence-corrected chi connectivity index (χ3v) is 5.66. The summed E-state index contributed by atoms with van der Waals surface area (Å²) in [5.41, 5.74) is 0.848. The lowest BCUT2D eigenvalue weighted by Gasteiger charge is -2.16. The van der Waals surface area contributed by atoms with Gasteiger partial charge in [0, 0.05) is 24.3 Å². The van der Waals surface area contributed by atoms with Gasteiger partial charge >= 0.3 is 0 Å². The summed E-state index contributed by atoms with van der Waals surface area (Å²) in [5, 5.41) is 0. The summed E-state index contributed by atoms with van der Waals surface area (Å²) in [6.45, 7) is 5.31. The lowest BCUT2D eigenvalue weighted by Crippen LogP contribution is -2.27. The van der Waals surface area contributed by atoms with E-state index >= 15 is 0 Å². The first-order chi connectivity index (χ1) is 12.8. The number of benzene rings is 2. The highest BCUT2D eigenvalue weighted by atomic mass is 32.2. The van der Waals surface area contributed by atoms with Gasteiger partial charge in [-0.05, 0) is 69.2 Å². The van der Waals surface area contributed by atoms with Gasteiger partial charge in [-0.15, -0.1) is 0 Å². The van der Waals surface area contributed by atoms with Crippen LogP contribution >= 0.6 is 0 Å². The summed E-state index contributed by atoms with van der Waals surface area (Å²) in [6, 6.07) is 12.8. The van der Waals surface area contributed by atoms with E-state index in [-0.39, 0.29) is 16.9 Å². The van der Waals surface area contributed by atoms with Crippen LogP contribution in [0.2, 0.25) is 0 Å². The van der Waals surface area contributed by atoms with E-state index in [4.69, 9.17) is 4.74 Å². The lowest BCUT2D eigenvalue weighted by atomic mass is 10.2. The number of anilines is 1. The number of amides is 1. The fourth-order valence-corrected chi connectivity index (χ4v) is 4.05. The molecule has 0 bridgehead atoms. The summed E-state index contributed by atoms with van der Waals surface area (Å²) < 4.78 is 33.3. The minimum atomic E-state index is -3.75. The number of likely N-dealkylation sites (tertiary alicyclic amines) is 1. The van der Waals surface area contributed by atoms with Crippen LogP contribution in [-0.4, -0.2) is 38.4 Å². The monoisotopic (exact) mass is 388 g/mol. The van der Waals surface area contributed by atoms with Crippen molar-refractivity contribution in [1.29, 1.82) is 0 Å². The van der Waals surface area contributed by atoms with Gasteiger partial charge in [-0.3, -0.25) is 9.52 Å². The SMILES string of the molecule is CC(C)Oc1ccc(S(=O)(=O)Nc2cccc(C(=O)N3CCCC3)c2)cc1. The van der Waals surface area contributed by atoms with E-state index in [1.165, 1.54) is 12.1 Å². The van der Waals surface area contributed by atoms with Crippen LogP contribution in [0.15, 0.2) is 53.4 Å². The third-order valence-electron chi connectivity index (χ3n) is 4.26. The molecule has 1 aliphatic rings. The van der Waals surface area contributed by atoms with E-state index < -0.39 is 10.0 Å². The van der Waals surface area contributed by atoms with Crippen molar-refractivity contribution < 1.29 is 17.9 Å². The Hall–Kier alpha value is -2.54. The van der Waals surface area contributed by atoms with E-state index in [2.05, 4.69) is 4.72 Å². The third kappa shape index (κ3) is 4.80. The van der Waals surface area contributed by atoms with Crippen molar-refractivity contribution in [3.8, 4) is 5.75 Å². The molecule has 6 nitrogen and oxygen atoms in total. The number of nitrogens with zero attached hydrogens (tertiary/aromatic N) is 1. The summed E-state index contributed by atoms with van der Waals surface area (Å²) in [6.07, 6.45) is 2.03. The van der Waals surface area contributed by atoms with Crippen LogP contribution in [0.3, 0.4) is 0 Å². The van der Waals surface area contributed by atoms with Gasteiger partial charge < -0.3 is 9.64 Å². The minimum Gasteiger partial charge on any atom is -0.491 e. The Labute approximate surface area is 160 Å². The molecule has 0 aromatic heterocycles. The second-order valence-electron chi connectivity index (χ2n) is 6.82. The van der Waals surface area contributed by atoms with Crippen molar-refractivity contribution >= 4 is 21.6 Å². The van der Waals surface area contributed by atoms with Crippen LogP contribution in [-0.2, 0) is 10.0 Å². The molecule has 1 amide bonds. The molecule has 0 saturated carbocycles. The van der Waals surface area contributed by atoms with Gasteiger partial charge in [0.2, 0.25) is 0 Å². The number of hydrogen-bond acceptors (Lipinski definition) is 4. The lowest BCUT2D eigenvalue weighted by molar-refractivity contribution is 0.0793. The molecule has 1 heterocycles.